The highest BCUT2D eigenvalue weighted by Crippen LogP contribution is 2.15. The molecule has 0 aromatic rings. The molecule has 0 aliphatic heterocycles. The normalized spacial score (nSPS) is 15.5. The number of hydrogen-bond donors (Lipinski definition) is 0. The lowest BCUT2D eigenvalue weighted by Crippen LogP contribution is -2.39. The van der Waals surface area contributed by atoms with Gasteiger partial charge in [0.2, 0.25) is 10.0 Å². The average Bonchev–Trinajstić information content (AvgIpc) is 2.01. The molecule has 0 aliphatic rings. The fraction of sp³-hybridized carbons (Fsp3) is 1.00. The molecule has 0 heterocycles. The number of rotatable bonds is 5. The second-order valence-electron chi connectivity index (χ2n) is 4.59. The molecule has 0 N–H and O–H groups in total. The van der Waals surface area contributed by atoms with Crippen LogP contribution in [0.1, 0.15) is 41.0 Å². The van der Waals surface area contributed by atoms with Crippen LogP contribution in [-0.4, -0.2) is 31.1 Å². The maximum absolute atomic E-state index is 11.8. The van der Waals surface area contributed by atoms with Crippen LogP contribution < -0.4 is 0 Å². The highest BCUT2D eigenvalue weighted by molar-refractivity contribution is 7.89. The molecule has 0 saturated heterocycles. The van der Waals surface area contributed by atoms with Crippen molar-refractivity contribution in [2.45, 2.75) is 52.3 Å². The van der Waals surface area contributed by atoms with Crippen molar-refractivity contribution in [3.8, 4) is 0 Å². The minimum atomic E-state index is -3.09. The Morgan fingerprint density at radius 1 is 1.07 bits per heavy atom. The molecule has 86 valence electrons. The van der Waals surface area contributed by atoms with E-state index in [2.05, 4.69) is 13.8 Å². The molecule has 0 aliphatic carbocycles. The minimum absolute atomic E-state index is 0.0856. The van der Waals surface area contributed by atoms with Gasteiger partial charge in [0.25, 0.3) is 0 Å². The van der Waals surface area contributed by atoms with E-state index in [0.29, 0.717) is 5.92 Å². The molecule has 0 bridgehead atoms. The lowest BCUT2D eigenvalue weighted by Gasteiger charge is -2.27. The minimum Gasteiger partial charge on any atom is -0.212 e. The largest absolute Gasteiger partial charge is 0.216 e. The summed E-state index contributed by atoms with van der Waals surface area (Å²) in [6, 6.07) is 0.0856. The van der Waals surface area contributed by atoms with Crippen LogP contribution in [0.4, 0.5) is 0 Å². The Morgan fingerprint density at radius 2 is 1.50 bits per heavy atom. The number of hydrogen-bond acceptors (Lipinski definition) is 2. The smallest absolute Gasteiger partial charge is 0.212 e. The maximum atomic E-state index is 11.8. The van der Waals surface area contributed by atoms with E-state index in [1.807, 2.05) is 6.92 Å². The third-order valence-electron chi connectivity index (χ3n) is 2.43. The molecular formula is C10H23NO2S. The van der Waals surface area contributed by atoms with E-state index in [9.17, 15) is 8.42 Å². The van der Waals surface area contributed by atoms with E-state index >= 15 is 0 Å². The zero-order valence-corrected chi connectivity index (χ0v) is 10.9. The van der Waals surface area contributed by atoms with Crippen LogP contribution in [0.5, 0.6) is 0 Å². The zero-order valence-electron chi connectivity index (χ0n) is 10.1. The van der Waals surface area contributed by atoms with Crippen LogP contribution >= 0.6 is 0 Å². The molecule has 0 aromatic heterocycles. The lowest BCUT2D eigenvalue weighted by atomic mass is 10.1. The summed E-state index contributed by atoms with van der Waals surface area (Å²) in [4.78, 5) is 0. The fourth-order valence-electron chi connectivity index (χ4n) is 1.41. The highest BCUT2D eigenvalue weighted by Gasteiger charge is 2.26. The van der Waals surface area contributed by atoms with Gasteiger partial charge in [-0.2, -0.15) is 0 Å². The Kier molecular flexibility index (Phi) is 5.09. The second-order valence-corrected chi connectivity index (χ2v) is 7.14. The van der Waals surface area contributed by atoms with Crippen molar-refractivity contribution in [1.82, 2.24) is 4.31 Å². The average molecular weight is 221 g/mol. The molecule has 0 aromatic carbocycles. The van der Waals surface area contributed by atoms with Crippen LogP contribution in [-0.2, 0) is 10.0 Å². The molecule has 0 amide bonds. The monoisotopic (exact) mass is 221 g/mol. The molecule has 14 heavy (non-hydrogen) atoms. The summed E-state index contributed by atoms with van der Waals surface area (Å²) < 4.78 is 25.1. The quantitative estimate of drug-likeness (QED) is 0.713. The summed E-state index contributed by atoms with van der Waals surface area (Å²) in [6.45, 7) is 9.60. The Hall–Kier alpha value is -0.0900. The lowest BCUT2D eigenvalue weighted by molar-refractivity contribution is 0.335. The third-order valence-corrected chi connectivity index (χ3v) is 4.78. The highest BCUT2D eigenvalue weighted by atomic mass is 32.2. The summed E-state index contributed by atoms with van der Waals surface area (Å²) in [5, 5.41) is -0.331. The first-order valence-electron chi connectivity index (χ1n) is 5.16. The molecule has 0 fully saturated rings. The van der Waals surface area contributed by atoms with Crippen molar-refractivity contribution in [2.24, 2.45) is 5.92 Å². The molecule has 0 unspecified atom stereocenters. The van der Waals surface area contributed by atoms with Gasteiger partial charge in [0.05, 0.1) is 5.25 Å². The number of sulfonamides is 1. The van der Waals surface area contributed by atoms with E-state index in [1.165, 1.54) is 4.31 Å². The Morgan fingerprint density at radius 3 is 1.79 bits per heavy atom. The molecule has 1 atom stereocenters. The Labute approximate surface area is 88.5 Å². The summed E-state index contributed by atoms with van der Waals surface area (Å²) >= 11 is 0. The first-order valence-corrected chi connectivity index (χ1v) is 6.66. The second kappa shape index (κ2) is 5.12. The Balaban J connectivity index is 4.54. The Bertz CT molecular complexity index is 257. The van der Waals surface area contributed by atoms with Gasteiger partial charge in [-0.05, 0) is 33.1 Å². The fourth-order valence-corrected chi connectivity index (χ4v) is 2.67. The summed E-state index contributed by atoms with van der Waals surface area (Å²) in [5.74, 6) is 0.523. The van der Waals surface area contributed by atoms with Gasteiger partial charge in [0.15, 0.2) is 0 Å². The van der Waals surface area contributed by atoms with Crippen molar-refractivity contribution < 1.29 is 8.42 Å². The van der Waals surface area contributed by atoms with Crippen molar-refractivity contribution in [1.29, 1.82) is 0 Å². The summed E-state index contributed by atoms with van der Waals surface area (Å²) in [6.07, 6.45) is 0.905. The molecular weight excluding hydrogens is 198 g/mol. The maximum Gasteiger partial charge on any atom is 0.216 e. The third kappa shape index (κ3) is 3.58. The molecule has 4 heteroatoms. The van der Waals surface area contributed by atoms with Crippen molar-refractivity contribution in [2.75, 3.05) is 7.05 Å². The summed E-state index contributed by atoms with van der Waals surface area (Å²) in [5.41, 5.74) is 0. The topological polar surface area (TPSA) is 37.4 Å². The van der Waals surface area contributed by atoms with Crippen LogP contribution in [0.25, 0.3) is 0 Å². The predicted molar refractivity (Wildman–Crippen MR) is 60.7 cm³/mol. The van der Waals surface area contributed by atoms with Gasteiger partial charge in [0.1, 0.15) is 0 Å². The van der Waals surface area contributed by atoms with Gasteiger partial charge in [0, 0.05) is 13.1 Å². The van der Waals surface area contributed by atoms with Crippen molar-refractivity contribution in [3.05, 3.63) is 0 Å². The first-order chi connectivity index (χ1) is 6.19. The van der Waals surface area contributed by atoms with Gasteiger partial charge in [-0.1, -0.05) is 13.8 Å². The number of nitrogens with zero attached hydrogens (tertiary/aromatic N) is 1. The van der Waals surface area contributed by atoms with Gasteiger partial charge >= 0.3 is 0 Å². The molecule has 0 radical (unpaired) electrons. The van der Waals surface area contributed by atoms with Crippen LogP contribution in [0.2, 0.25) is 0 Å². The van der Waals surface area contributed by atoms with Crippen molar-refractivity contribution in [3.63, 3.8) is 0 Å². The standard InChI is InChI=1S/C10H23NO2S/c1-8(2)7-10(5)11(6)14(12,13)9(3)4/h8-10H,7H2,1-6H3/t10-/m0/s1. The van der Waals surface area contributed by atoms with Gasteiger partial charge in [-0.15, -0.1) is 0 Å². The SMILES string of the molecule is CC(C)C[C@H](C)N(C)S(=O)(=O)C(C)C. The molecule has 0 saturated carbocycles. The van der Waals surface area contributed by atoms with Gasteiger partial charge in [-0.3, -0.25) is 0 Å². The van der Waals surface area contributed by atoms with E-state index in [0.717, 1.165) is 6.42 Å². The molecule has 0 rings (SSSR count). The van der Waals surface area contributed by atoms with Crippen LogP contribution in [0.15, 0.2) is 0 Å². The molecule has 0 spiro atoms. The summed E-state index contributed by atoms with van der Waals surface area (Å²) in [7, 11) is -1.42. The van der Waals surface area contributed by atoms with E-state index < -0.39 is 10.0 Å². The van der Waals surface area contributed by atoms with E-state index in [1.54, 1.807) is 20.9 Å². The first kappa shape index (κ1) is 13.9. The van der Waals surface area contributed by atoms with Crippen LogP contribution in [0.3, 0.4) is 0 Å². The predicted octanol–water partition coefficient (Wildman–Crippen LogP) is 2.09. The van der Waals surface area contributed by atoms with Crippen molar-refractivity contribution >= 4 is 10.0 Å². The van der Waals surface area contributed by atoms with Crippen LogP contribution in [0, 0.1) is 5.92 Å². The zero-order chi connectivity index (χ0) is 11.5. The van der Waals surface area contributed by atoms with Gasteiger partial charge < -0.3 is 0 Å². The van der Waals surface area contributed by atoms with E-state index in [4.69, 9.17) is 0 Å². The van der Waals surface area contributed by atoms with E-state index in [-0.39, 0.29) is 11.3 Å². The molecule has 3 nitrogen and oxygen atoms in total. The van der Waals surface area contributed by atoms with Gasteiger partial charge in [-0.25, -0.2) is 12.7 Å².